The van der Waals surface area contributed by atoms with Crippen molar-refractivity contribution < 1.29 is 54.6 Å². The minimum absolute atomic E-state index is 0.00690. The number of carbonyl (C=O) groups excluding carboxylic acids is 2. The summed E-state index contributed by atoms with van der Waals surface area (Å²) < 4.78 is 104. The van der Waals surface area contributed by atoms with E-state index in [-0.39, 0.29) is 24.5 Å². The van der Waals surface area contributed by atoms with Gasteiger partial charge in [0, 0.05) is 23.8 Å². The average molecular weight is 861 g/mol. The van der Waals surface area contributed by atoms with Gasteiger partial charge in [0.15, 0.2) is 15.6 Å². The molecule has 1 unspecified atom stereocenters. The third-order valence-electron chi connectivity index (χ3n) is 9.58. The van der Waals surface area contributed by atoms with Crippen molar-refractivity contribution in [2.24, 2.45) is 0 Å². The highest BCUT2D eigenvalue weighted by Crippen LogP contribution is 2.40. The van der Waals surface area contributed by atoms with Gasteiger partial charge in [-0.3, -0.25) is 4.79 Å². The smallest absolute Gasteiger partial charge is 0.416 e. The van der Waals surface area contributed by atoms with E-state index in [0.29, 0.717) is 59.3 Å². The lowest BCUT2D eigenvalue weighted by Crippen LogP contribution is -2.41. The van der Waals surface area contributed by atoms with Gasteiger partial charge in [0.2, 0.25) is 0 Å². The number of hydrogen-bond donors (Lipinski definition) is 1. The molecule has 1 aliphatic rings. The topological polar surface area (TPSA) is 86.3 Å². The van der Waals surface area contributed by atoms with E-state index in [1.165, 1.54) is 12.0 Å². The molecule has 59 heavy (non-hydrogen) atoms. The number of thiocarbonyl (C=S) groups is 1. The molecule has 1 aliphatic heterocycles. The second-order valence-electron chi connectivity index (χ2n) is 15.5. The van der Waals surface area contributed by atoms with Crippen LogP contribution < -0.4 is 19.7 Å². The Hall–Kier alpha value is -4.93. The lowest BCUT2D eigenvalue weighted by molar-refractivity contribution is -0.143. The van der Waals surface area contributed by atoms with E-state index >= 15 is 0 Å². The molecule has 0 aliphatic carbocycles. The number of nitrogens with one attached hydrogen (secondary N) is 1. The molecule has 0 spiro atoms. The Morgan fingerprint density at radius 3 is 2.10 bits per heavy atom. The van der Waals surface area contributed by atoms with Crippen LogP contribution in [0.5, 0.6) is 11.5 Å². The fourth-order valence-corrected chi connectivity index (χ4v) is 7.49. The molecule has 0 bridgehead atoms. The molecule has 0 fully saturated rings. The Morgan fingerprint density at radius 1 is 0.847 bits per heavy atom. The van der Waals surface area contributed by atoms with Gasteiger partial charge in [-0.15, -0.1) is 0 Å². The molecule has 0 radical (unpaired) electrons. The first-order valence-electron chi connectivity index (χ1n) is 18.8. The van der Waals surface area contributed by atoms with Crippen molar-refractivity contribution in [1.82, 2.24) is 0 Å². The van der Waals surface area contributed by atoms with Gasteiger partial charge in [-0.1, -0.05) is 63.3 Å². The number of anilines is 2. The van der Waals surface area contributed by atoms with Crippen molar-refractivity contribution >= 4 is 49.5 Å². The van der Waals surface area contributed by atoms with Crippen LogP contribution >= 0.6 is 12.2 Å². The summed E-state index contributed by atoms with van der Waals surface area (Å²) in [7, 11) is -0.132. The van der Waals surface area contributed by atoms with Crippen molar-refractivity contribution in [3.8, 4) is 11.5 Å². The van der Waals surface area contributed by atoms with E-state index in [9.17, 15) is 35.9 Å². The second-order valence-corrected chi connectivity index (χ2v) is 18.4. The highest BCUT2D eigenvalue weighted by molar-refractivity contribution is 7.80. The minimum Gasteiger partial charge on any atom is -0.489 e. The highest BCUT2D eigenvalue weighted by Gasteiger charge is 2.38. The van der Waals surface area contributed by atoms with E-state index in [1.807, 2.05) is 70.3 Å². The predicted octanol–water partition coefficient (Wildman–Crippen LogP) is 10.4. The molecule has 0 aromatic heterocycles. The highest BCUT2D eigenvalue weighted by atomic mass is 32.1. The normalized spacial score (nSPS) is 14.3. The number of hydrogen-bond acceptors (Lipinski definition) is 7. The van der Waals surface area contributed by atoms with Gasteiger partial charge in [0.1, 0.15) is 18.1 Å². The monoisotopic (exact) mass is 860 g/mol. The lowest BCUT2D eigenvalue weighted by Gasteiger charge is -2.27. The SMILES string of the molecule is COC(=O)c1cc(NC(=S)CCC2Cc3cc(OCc4ccccc4)ccc3N2C(=O)COc2cc(C(F)(F)F)cc(C(F)(F)F)c2)cc(C(C)(C)C)c1CO[SiH](C)C. The van der Waals surface area contributed by atoms with Crippen molar-refractivity contribution in [2.45, 2.75) is 90.2 Å². The summed E-state index contributed by atoms with van der Waals surface area (Å²) in [6.45, 7) is 9.84. The van der Waals surface area contributed by atoms with Crippen LogP contribution in [0.15, 0.2) is 78.9 Å². The van der Waals surface area contributed by atoms with Crippen LogP contribution in [0.1, 0.15) is 77.4 Å². The summed E-state index contributed by atoms with van der Waals surface area (Å²) >= 11 is 5.78. The first kappa shape index (κ1) is 45.2. The molecule has 16 heteroatoms. The summed E-state index contributed by atoms with van der Waals surface area (Å²) in [6.07, 6.45) is -9.25. The number of halogens is 6. The van der Waals surface area contributed by atoms with Gasteiger partial charge in [0.05, 0.1) is 35.4 Å². The maximum absolute atomic E-state index is 13.9. The third-order valence-corrected chi connectivity index (χ3v) is 10.7. The fourth-order valence-electron chi connectivity index (χ4n) is 6.76. The largest absolute Gasteiger partial charge is 0.489 e. The van der Waals surface area contributed by atoms with Gasteiger partial charge < -0.3 is 28.9 Å². The van der Waals surface area contributed by atoms with E-state index in [4.69, 9.17) is 30.9 Å². The van der Waals surface area contributed by atoms with Crippen molar-refractivity contribution in [3.05, 3.63) is 118 Å². The summed E-state index contributed by atoms with van der Waals surface area (Å²) in [5.74, 6) is -1.42. The quantitative estimate of drug-likeness (QED) is 0.0581. The zero-order chi connectivity index (χ0) is 43.3. The molecule has 1 amide bonds. The molecule has 1 heterocycles. The minimum atomic E-state index is -5.09. The van der Waals surface area contributed by atoms with Crippen LogP contribution in [-0.4, -0.2) is 45.7 Å². The zero-order valence-electron chi connectivity index (χ0n) is 33.5. The molecule has 5 rings (SSSR count). The van der Waals surface area contributed by atoms with E-state index in [0.717, 1.165) is 22.3 Å². The molecule has 316 valence electrons. The van der Waals surface area contributed by atoms with Crippen LogP contribution in [0.4, 0.5) is 37.7 Å². The molecule has 4 aromatic carbocycles. The Balaban J connectivity index is 1.39. The first-order chi connectivity index (χ1) is 27.6. The summed E-state index contributed by atoms with van der Waals surface area (Å²) in [4.78, 5) is 28.8. The molecule has 8 nitrogen and oxygen atoms in total. The maximum atomic E-state index is 13.9. The molecule has 0 saturated carbocycles. The summed E-state index contributed by atoms with van der Waals surface area (Å²) in [5, 5.41) is 3.24. The number of rotatable bonds is 14. The summed E-state index contributed by atoms with van der Waals surface area (Å²) in [5.41, 5.74) is 1.18. The maximum Gasteiger partial charge on any atom is 0.416 e. The third kappa shape index (κ3) is 11.8. The molecule has 4 aromatic rings. The van der Waals surface area contributed by atoms with Crippen LogP contribution in [0, 0.1) is 0 Å². The molecular weight excluding hydrogens is 815 g/mol. The van der Waals surface area contributed by atoms with Crippen LogP contribution in [0.3, 0.4) is 0 Å². The van der Waals surface area contributed by atoms with Gasteiger partial charge in [-0.05, 0) is 102 Å². The van der Waals surface area contributed by atoms with Crippen LogP contribution in [0.25, 0.3) is 0 Å². The van der Waals surface area contributed by atoms with E-state index in [1.54, 1.807) is 24.3 Å². The number of ether oxygens (including phenoxy) is 3. The second kappa shape index (κ2) is 18.5. The van der Waals surface area contributed by atoms with Crippen molar-refractivity contribution in [3.63, 3.8) is 0 Å². The zero-order valence-corrected chi connectivity index (χ0v) is 35.4. The van der Waals surface area contributed by atoms with Gasteiger partial charge in [-0.25, -0.2) is 4.79 Å². The number of benzene rings is 4. The lowest BCUT2D eigenvalue weighted by atomic mass is 9.81. The number of alkyl halides is 6. The number of esters is 1. The standard InChI is InChI=1S/C43H46F6N2O6SSi/c1-41(2,3)36-22-30(21-34(40(53)54-4)35(36)24-57-59(5)6)50-38(58)15-12-31-16-27-17-32(55-23-26-10-8-7-9-11-26)13-14-37(27)51(31)39(52)25-56-33-19-28(42(44,45)46)18-29(20-33)43(47,48)49/h7-11,13-14,17-22,31,59H,12,15-16,23-25H2,1-6H3,(H,50,58). The molecular formula is C43H46F6N2O6SSi. The predicted molar refractivity (Wildman–Crippen MR) is 220 cm³/mol. The Labute approximate surface area is 346 Å². The molecule has 1 N–H and O–H groups in total. The first-order valence-corrected chi connectivity index (χ1v) is 22.0. The molecule has 0 saturated heterocycles. The van der Waals surface area contributed by atoms with Crippen molar-refractivity contribution in [2.75, 3.05) is 23.9 Å². The average Bonchev–Trinajstić information content (AvgIpc) is 3.54. The number of amides is 1. The van der Waals surface area contributed by atoms with Gasteiger partial charge in [-0.2, -0.15) is 26.3 Å². The Bertz CT molecular complexity index is 2130. The van der Waals surface area contributed by atoms with Crippen molar-refractivity contribution in [1.29, 1.82) is 0 Å². The number of carbonyl (C=O) groups is 2. The number of methoxy groups -OCH3 is 1. The molecule has 1 atom stereocenters. The van der Waals surface area contributed by atoms with Crippen LogP contribution in [0.2, 0.25) is 13.1 Å². The van der Waals surface area contributed by atoms with Crippen LogP contribution in [-0.2, 0) is 51.4 Å². The van der Waals surface area contributed by atoms with Gasteiger partial charge in [0.25, 0.3) is 5.91 Å². The van der Waals surface area contributed by atoms with Gasteiger partial charge >= 0.3 is 18.3 Å². The Morgan fingerprint density at radius 2 is 1.51 bits per heavy atom. The number of fused-ring (bicyclic) bond motifs is 1. The summed E-state index contributed by atoms with van der Waals surface area (Å²) in [6, 6.07) is 18.6. The Kier molecular flexibility index (Phi) is 14.2. The fraction of sp³-hybridized carbons (Fsp3) is 0.372. The van der Waals surface area contributed by atoms with E-state index < -0.39 is 62.8 Å². The van der Waals surface area contributed by atoms with E-state index in [2.05, 4.69) is 5.32 Å². The number of nitrogens with zero attached hydrogens (tertiary/aromatic N) is 1.